The summed E-state index contributed by atoms with van der Waals surface area (Å²) in [4.78, 5) is 13.7. The molecule has 1 aromatic carbocycles. The first-order valence-electron chi connectivity index (χ1n) is 8.17. The van der Waals surface area contributed by atoms with Crippen molar-refractivity contribution in [2.45, 2.75) is 30.6 Å². The lowest BCUT2D eigenvalue weighted by molar-refractivity contribution is -0.117. The van der Waals surface area contributed by atoms with Gasteiger partial charge < -0.3 is 10.2 Å². The molecule has 0 radical (unpaired) electrons. The molecule has 0 aromatic heterocycles. The van der Waals surface area contributed by atoms with Crippen molar-refractivity contribution in [1.29, 1.82) is 0 Å². The van der Waals surface area contributed by atoms with Gasteiger partial charge in [0.05, 0.1) is 4.90 Å². The number of nitrogens with one attached hydrogen (secondary N) is 2. The fourth-order valence-electron chi connectivity index (χ4n) is 3.14. The number of amides is 1. The number of sulfonamides is 1. The summed E-state index contributed by atoms with van der Waals surface area (Å²) < 4.78 is 27.4. The van der Waals surface area contributed by atoms with Crippen molar-refractivity contribution >= 4 is 34.0 Å². The van der Waals surface area contributed by atoms with E-state index in [0.29, 0.717) is 25.4 Å². The number of piperidine rings is 1. The number of benzene rings is 1. The molecule has 2 saturated heterocycles. The Balaban J connectivity index is 0.00000208. The summed E-state index contributed by atoms with van der Waals surface area (Å²) in [5.74, 6) is 0.448. The second-order valence-corrected chi connectivity index (χ2v) is 7.97. The standard InChI is InChI=1S/C16H23N3O3S.ClH/c20-16-4-2-10-19(16)14-5-7-15(8-6-14)23(21,22)18-12-13-3-1-9-17-11-13;/h5-8,13,17-18H,1-4,9-12H2;1H. The summed E-state index contributed by atoms with van der Waals surface area (Å²) in [6, 6.07) is 6.56. The summed E-state index contributed by atoms with van der Waals surface area (Å²) in [7, 11) is -3.49. The van der Waals surface area contributed by atoms with E-state index >= 15 is 0 Å². The zero-order chi connectivity index (χ0) is 16.3. The average Bonchev–Trinajstić information content (AvgIpc) is 3.00. The molecule has 24 heavy (non-hydrogen) atoms. The molecular weight excluding hydrogens is 350 g/mol. The average molecular weight is 374 g/mol. The predicted molar refractivity (Wildman–Crippen MR) is 96.1 cm³/mol. The minimum absolute atomic E-state index is 0. The smallest absolute Gasteiger partial charge is 0.240 e. The highest BCUT2D eigenvalue weighted by Gasteiger charge is 2.23. The Hall–Kier alpha value is -1.15. The molecule has 6 nitrogen and oxygen atoms in total. The van der Waals surface area contributed by atoms with Crippen molar-refractivity contribution < 1.29 is 13.2 Å². The largest absolute Gasteiger partial charge is 0.316 e. The topological polar surface area (TPSA) is 78.5 Å². The number of nitrogens with zero attached hydrogens (tertiary/aromatic N) is 1. The number of hydrogen-bond acceptors (Lipinski definition) is 4. The van der Waals surface area contributed by atoms with Crippen LogP contribution in [0.1, 0.15) is 25.7 Å². The zero-order valence-electron chi connectivity index (χ0n) is 13.5. The minimum atomic E-state index is -3.49. The third-order valence-corrected chi connectivity index (χ3v) is 5.93. The van der Waals surface area contributed by atoms with Crippen molar-refractivity contribution in [3.8, 4) is 0 Å². The highest BCUT2D eigenvalue weighted by Crippen LogP contribution is 2.23. The molecule has 0 bridgehead atoms. The molecule has 134 valence electrons. The van der Waals surface area contributed by atoms with Crippen LogP contribution in [-0.2, 0) is 14.8 Å². The van der Waals surface area contributed by atoms with Crippen LogP contribution in [0.15, 0.2) is 29.2 Å². The number of hydrogen-bond donors (Lipinski definition) is 2. The lowest BCUT2D eigenvalue weighted by Gasteiger charge is -2.23. The molecule has 3 rings (SSSR count). The van der Waals surface area contributed by atoms with Gasteiger partial charge in [-0.2, -0.15) is 0 Å². The summed E-state index contributed by atoms with van der Waals surface area (Å²) in [5.41, 5.74) is 0.767. The van der Waals surface area contributed by atoms with Gasteiger partial charge in [0, 0.05) is 25.2 Å². The Morgan fingerprint density at radius 2 is 1.96 bits per heavy atom. The molecule has 1 atom stereocenters. The molecule has 0 saturated carbocycles. The molecule has 2 fully saturated rings. The summed E-state index contributed by atoms with van der Waals surface area (Å²) in [6.07, 6.45) is 3.56. The Morgan fingerprint density at radius 1 is 1.21 bits per heavy atom. The molecular formula is C16H24ClN3O3S. The van der Waals surface area contributed by atoms with Crippen LogP contribution in [-0.4, -0.2) is 40.5 Å². The lowest BCUT2D eigenvalue weighted by Crippen LogP contribution is -2.38. The molecule has 1 amide bonds. The Kier molecular flexibility index (Phi) is 6.62. The maximum Gasteiger partial charge on any atom is 0.240 e. The van der Waals surface area contributed by atoms with Crippen LogP contribution in [0.2, 0.25) is 0 Å². The van der Waals surface area contributed by atoms with E-state index in [2.05, 4.69) is 10.0 Å². The number of halogens is 1. The fourth-order valence-corrected chi connectivity index (χ4v) is 4.25. The Morgan fingerprint density at radius 3 is 2.54 bits per heavy atom. The van der Waals surface area contributed by atoms with Gasteiger partial charge in [-0.3, -0.25) is 4.79 Å². The van der Waals surface area contributed by atoms with Crippen LogP contribution < -0.4 is 14.9 Å². The van der Waals surface area contributed by atoms with Crippen molar-refractivity contribution in [3.05, 3.63) is 24.3 Å². The van der Waals surface area contributed by atoms with Crippen LogP contribution in [0, 0.1) is 5.92 Å². The van der Waals surface area contributed by atoms with E-state index in [1.54, 1.807) is 29.2 Å². The zero-order valence-corrected chi connectivity index (χ0v) is 15.2. The van der Waals surface area contributed by atoms with Gasteiger partial charge in [0.1, 0.15) is 0 Å². The van der Waals surface area contributed by atoms with Gasteiger partial charge in [-0.15, -0.1) is 12.4 Å². The van der Waals surface area contributed by atoms with Crippen LogP contribution in [0.4, 0.5) is 5.69 Å². The van der Waals surface area contributed by atoms with Gasteiger partial charge in [-0.05, 0) is 62.5 Å². The van der Waals surface area contributed by atoms with Crippen molar-refractivity contribution in [2.24, 2.45) is 5.92 Å². The van der Waals surface area contributed by atoms with E-state index in [9.17, 15) is 13.2 Å². The van der Waals surface area contributed by atoms with Gasteiger partial charge in [-0.1, -0.05) is 0 Å². The molecule has 2 aliphatic rings. The third-order valence-electron chi connectivity index (χ3n) is 4.49. The summed E-state index contributed by atoms with van der Waals surface area (Å²) >= 11 is 0. The molecule has 2 heterocycles. The maximum atomic E-state index is 12.4. The minimum Gasteiger partial charge on any atom is -0.316 e. The molecule has 2 N–H and O–H groups in total. The van der Waals surface area contributed by atoms with Gasteiger partial charge in [0.2, 0.25) is 15.9 Å². The normalized spacial score (nSPS) is 21.6. The van der Waals surface area contributed by atoms with Crippen LogP contribution in [0.25, 0.3) is 0 Å². The first-order valence-corrected chi connectivity index (χ1v) is 9.65. The Labute approximate surface area is 149 Å². The van der Waals surface area contributed by atoms with Gasteiger partial charge >= 0.3 is 0 Å². The van der Waals surface area contributed by atoms with E-state index < -0.39 is 10.0 Å². The van der Waals surface area contributed by atoms with Crippen molar-refractivity contribution in [2.75, 3.05) is 31.1 Å². The first-order chi connectivity index (χ1) is 11.1. The van der Waals surface area contributed by atoms with Crippen LogP contribution in [0.3, 0.4) is 0 Å². The van der Waals surface area contributed by atoms with E-state index in [1.165, 1.54) is 0 Å². The molecule has 8 heteroatoms. The SMILES string of the molecule is Cl.O=C1CCCN1c1ccc(S(=O)(=O)NCC2CCCNC2)cc1. The molecule has 0 spiro atoms. The van der Waals surface area contributed by atoms with Crippen LogP contribution in [0.5, 0.6) is 0 Å². The fraction of sp³-hybridized carbons (Fsp3) is 0.562. The number of carbonyl (C=O) groups is 1. The van der Waals surface area contributed by atoms with Gasteiger partial charge in [0.25, 0.3) is 0 Å². The van der Waals surface area contributed by atoms with Gasteiger partial charge in [-0.25, -0.2) is 13.1 Å². The second kappa shape index (κ2) is 8.29. The summed E-state index contributed by atoms with van der Waals surface area (Å²) in [5, 5.41) is 3.28. The van der Waals surface area contributed by atoms with E-state index in [-0.39, 0.29) is 23.2 Å². The first kappa shape index (κ1) is 19.2. The molecule has 1 aromatic rings. The van der Waals surface area contributed by atoms with E-state index in [4.69, 9.17) is 0 Å². The highest BCUT2D eigenvalue weighted by atomic mass is 35.5. The maximum absolute atomic E-state index is 12.4. The van der Waals surface area contributed by atoms with Gasteiger partial charge in [0.15, 0.2) is 0 Å². The second-order valence-electron chi connectivity index (χ2n) is 6.21. The highest BCUT2D eigenvalue weighted by molar-refractivity contribution is 7.89. The van der Waals surface area contributed by atoms with E-state index in [0.717, 1.165) is 38.0 Å². The van der Waals surface area contributed by atoms with Crippen LogP contribution >= 0.6 is 12.4 Å². The molecule has 0 aliphatic carbocycles. The number of rotatable bonds is 5. The monoisotopic (exact) mass is 373 g/mol. The van der Waals surface area contributed by atoms with E-state index in [1.807, 2.05) is 0 Å². The summed E-state index contributed by atoms with van der Waals surface area (Å²) in [6.45, 7) is 3.04. The van der Waals surface area contributed by atoms with Crippen molar-refractivity contribution in [1.82, 2.24) is 10.0 Å². The number of carbonyl (C=O) groups excluding carboxylic acids is 1. The van der Waals surface area contributed by atoms with Crippen molar-refractivity contribution in [3.63, 3.8) is 0 Å². The quantitative estimate of drug-likeness (QED) is 0.820. The lowest BCUT2D eigenvalue weighted by atomic mass is 10.0. The molecule has 1 unspecified atom stereocenters. The molecule has 2 aliphatic heterocycles. The number of anilines is 1. The predicted octanol–water partition coefficient (Wildman–Crippen LogP) is 1.51. The Bertz CT molecular complexity index is 658. The third kappa shape index (κ3) is 4.47.